The van der Waals surface area contributed by atoms with Gasteiger partial charge in [0.25, 0.3) is 0 Å². The van der Waals surface area contributed by atoms with Gasteiger partial charge in [-0.25, -0.2) is 4.98 Å². The van der Waals surface area contributed by atoms with Crippen LogP contribution in [0.5, 0.6) is 11.5 Å². The number of pyridine rings is 1. The summed E-state index contributed by atoms with van der Waals surface area (Å²) in [6.07, 6.45) is 0.204. The second kappa shape index (κ2) is 11.1. The predicted octanol–water partition coefficient (Wildman–Crippen LogP) is 6.07. The summed E-state index contributed by atoms with van der Waals surface area (Å²) in [6, 6.07) is 16.2. The number of ether oxygens (including phenoxy) is 2. The van der Waals surface area contributed by atoms with Crippen LogP contribution in [0.25, 0.3) is 11.3 Å². The summed E-state index contributed by atoms with van der Waals surface area (Å²) >= 11 is 13.4. The van der Waals surface area contributed by atoms with Crippen LogP contribution in [0.2, 0.25) is 10.0 Å². The van der Waals surface area contributed by atoms with Gasteiger partial charge in [-0.1, -0.05) is 35.3 Å². The molecule has 0 saturated carbocycles. The molecule has 164 valence electrons. The van der Waals surface area contributed by atoms with E-state index in [9.17, 15) is 10.1 Å². The van der Waals surface area contributed by atoms with E-state index in [1.807, 2.05) is 12.1 Å². The normalized spacial score (nSPS) is 10.3. The summed E-state index contributed by atoms with van der Waals surface area (Å²) in [4.78, 5) is 17.1. The Morgan fingerprint density at radius 2 is 1.81 bits per heavy atom. The Hall–Kier alpha value is -2.92. The molecule has 0 spiro atoms. The Morgan fingerprint density at radius 3 is 2.47 bits per heavy atom. The van der Waals surface area contributed by atoms with Crippen LogP contribution >= 0.6 is 35.0 Å². The number of carbonyl (C=O) groups is 1. The number of nitriles is 1. The quantitative estimate of drug-likeness (QED) is 0.388. The molecule has 9 heteroatoms. The number of methoxy groups -OCH3 is 2. The number of hydrogen-bond donors (Lipinski definition) is 1. The van der Waals surface area contributed by atoms with Crippen molar-refractivity contribution >= 4 is 46.6 Å². The summed E-state index contributed by atoms with van der Waals surface area (Å²) < 4.78 is 10.5. The van der Waals surface area contributed by atoms with Crippen molar-refractivity contribution in [2.24, 2.45) is 0 Å². The Balaban J connectivity index is 1.67. The smallest absolute Gasteiger partial charge is 0.225 e. The highest BCUT2D eigenvalue weighted by molar-refractivity contribution is 7.99. The van der Waals surface area contributed by atoms with E-state index in [1.54, 1.807) is 36.4 Å². The lowest BCUT2D eigenvalue weighted by molar-refractivity contribution is -0.115. The van der Waals surface area contributed by atoms with E-state index in [0.717, 1.165) is 11.3 Å². The molecule has 0 bridgehead atoms. The van der Waals surface area contributed by atoms with Crippen molar-refractivity contribution in [3.05, 3.63) is 64.1 Å². The molecular formula is C23H19Cl2N3O3S. The van der Waals surface area contributed by atoms with Crippen molar-refractivity contribution in [3.8, 4) is 28.8 Å². The van der Waals surface area contributed by atoms with E-state index < -0.39 is 0 Å². The maximum Gasteiger partial charge on any atom is 0.225 e. The fourth-order valence-corrected chi connectivity index (χ4v) is 4.11. The standard InChI is InChI=1S/C23H19Cl2N3O3S/c1-30-20-12-21(31-2)19(11-17(20)25)27-22(29)9-10-32-23-15(13-26)5-8-18(28-23)14-3-6-16(24)7-4-14/h3-8,11-12H,9-10H2,1-2H3,(H,27,29). The minimum absolute atomic E-state index is 0.204. The van der Waals surface area contributed by atoms with Gasteiger partial charge in [-0.2, -0.15) is 5.26 Å². The predicted molar refractivity (Wildman–Crippen MR) is 128 cm³/mol. The van der Waals surface area contributed by atoms with Crippen molar-refractivity contribution in [2.75, 3.05) is 25.3 Å². The van der Waals surface area contributed by atoms with Gasteiger partial charge in [0.05, 0.1) is 36.2 Å². The molecule has 0 radical (unpaired) electrons. The topological polar surface area (TPSA) is 84.2 Å². The molecule has 0 aliphatic heterocycles. The first-order chi connectivity index (χ1) is 15.4. The third-order valence-electron chi connectivity index (χ3n) is 4.44. The van der Waals surface area contributed by atoms with Crippen molar-refractivity contribution in [3.63, 3.8) is 0 Å². The van der Waals surface area contributed by atoms with E-state index in [-0.39, 0.29) is 12.3 Å². The van der Waals surface area contributed by atoms with Crippen LogP contribution in [-0.4, -0.2) is 30.9 Å². The minimum Gasteiger partial charge on any atom is -0.495 e. The molecule has 6 nitrogen and oxygen atoms in total. The number of nitrogens with zero attached hydrogens (tertiary/aromatic N) is 2. The third-order valence-corrected chi connectivity index (χ3v) is 5.98. The molecule has 1 N–H and O–H groups in total. The summed E-state index contributed by atoms with van der Waals surface area (Å²) in [5.74, 6) is 1.11. The highest BCUT2D eigenvalue weighted by atomic mass is 35.5. The molecular weight excluding hydrogens is 469 g/mol. The van der Waals surface area contributed by atoms with Crippen LogP contribution in [0.3, 0.4) is 0 Å². The van der Waals surface area contributed by atoms with Crippen LogP contribution in [0.4, 0.5) is 5.69 Å². The number of carbonyl (C=O) groups excluding carboxylic acids is 1. The average molecular weight is 488 g/mol. The van der Waals surface area contributed by atoms with Crippen molar-refractivity contribution in [1.29, 1.82) is 5.26 Å². The van der Waals surface area contributed by atoms with Crippen LogP contribution in [-0.2, 0) is 4.79 Å². The lowest BCUT2D eigenvalue weighted by atomic mass is 10.1. The monoisotopic (exact) mass is 487 g/mol. The van der Waals surface area contributed by atoms with Gasteiger partial charge in [0, 0.05) is 28.8 Å². The summed E-state index contributed by atoms with van der Waals surface area (Å²) in [7, 11) is 3.00. The minimum atomic E-state index is -0.218. The van der Waals surface area contributed by atoms with Crippen LogP contribution in [0.1, 0.15) is 12.0 Å². The van der Waals surface area contributed by atoms with E-state index in [2.05, 4.69) is 16.4 Å². The number of rotatable bonds is 8. The number of nitrogens with one attached hydrogen (secondary N) is 1. The van der Waals surface area contributed by atoms with E-state index in [0.29, 0.717) is 43.6 Å². The number of anilines is 1. The zero-order valence-corrected chi connectivity index (χ0v) is 19.6. The molecule has 1 aromatic heterocycles. The maximum absolute atomic E-state index is 12.5. The van der Waals surface area contributed by atoms with Gasteiger partial charge >= 0.3 is 0 Å². The van der Waals surface area contributed by atoms with Gasteiger partial charge in [-0.15, -0.1) is 11.8 Å². The van der Waals surface area contributed by atoms with Gasteiger partial charge in [-0.05, 0) is 30.3 Å². The summed E-state index contributed by atoms with van der Waals surface area (Å²) in [5, 5.41) is 13.8. The molecule has 0 aliphatic carbocycles. The zero-order chi connectivity index (χ0) is 23.1. The van der Waals surface area contributed by atoms with Crippen molar-refractivity contribution in [1.82, 2.24) is 4.98 Å². The largest absolute Gasteiger partial charge is 0.495 e. The van der Waals surface area contributed by atoms with Crippen LogP contribution in [0.15, 0.2) is 53.6 Å². The number of thioether (sulfide) groups is 1. The van der Waals surface area contributed by atoms with Gasteiger partial charge in [0.2, 0.25) is 5.91 Å². The van der Waals surface area contributed by atoms with E-state index >= 15 is 0 Å². The first-order valence-corrected chi connectivity index (χ1v) is 11.2. The first kappa shape index (κ1) is 23.7. The molecule has 32 heavy (non-hydrogen) atoms. The summed E-state index contributed by atoms with van der Waals surface area (Å²) in [5.41, 5.74) is 2.53. The Kier molecular flexibility index (Phi) is 8.23. The second-order valence-electron chi connectivity index (χ2n) is 6.50. The molecule has 0 unspecified atom stereocenters. The highest BCUT2D eigenvalue weighted by Crippen LogP contribution is 2.36. The molecule has 3 rings (SSSR count). The molecule has 0 saturated heterocycles. The SMILES string of the molecule is COc1cc(OC)c(NC(=O)CCSc2nc(-c3ccc(Cl)cc3)ccc2C#N)cc1Cl. The van der Waals surface area contributed by atoms with Gasteiger partial charge < -0.3 is 14.8 Å². The third kappa shape index (κ3) is 5.86. The summed E-state index contributed by atoms with van der Waals surface area (Å²) in [6.45, 7) is 0. The Labute approximate surface area is 200 Å². The first-order valence-electron chi connectivity index (χ1n) is 9.46. The fourth-order valence-electron chi connectivity index (χ4n) is 2.83. The Bertz CT molecular complexity index is 1160. The molecule has 0 fully saturated rings. The number of amides is 1. The van der Waals surface area contributed by atoms with Gasteiger partial charge in [0.15, 0.2) is 0 Å². The van der Waals surface area contributed by atoms with E-state index in [4.69, 9.17) is 32.7 Å². The molecule has 2 aromatic carbocycles. The number of hydrogen-bond acceptors (Lipinski definition) is 6. The van der Waals surface area contributed by atoms with Crippen LogP contribution < -0.4 is 14.8 Å². The number of aromatic nitrogens is 1. The van der Waals surface area contributed by atoms with Crippen molar-refractivity contribution in [2.45, 2.75) is 11.4 Å². The highest BCUT2D eigenvalue weighted by Gasteiger charge is 2.14. The molecule has 1 heterocycles. The van der Waals surface area contributed by atoms with Gasteiger partial charge in [0.1, 0.15) is 22.6 Å². The lowest BCUT2D eigenvalue weighted by Crippen LogP contribution is -2.13. The molecule has 0 aliphatic rings. The average Bonchev–Trinajstić information content (AvgIpc) is 2.79. The lowest BCUT2D eigenvalue weighted by Gasteiger charge is -2.13. The number of halogens is 2. The van der Waals surface area contributed by atoms with Gasteiger partial charge in [-0.3, -0.25) is 4.79 Å². The second-order valence-corrected chi connectivity index (χ2v) is 8.43. The van der Waals surface area contributed by atoms with Crippen molar-refractivity contribution < 1.29 is 14.3 Å². The molecule has 0 atom stereocenters. The zero-order valence-electron chi connectivity index (χ0n) is 17.3. The maximum atomic E-state index is 12.5. The molecule has 3 aromatic rings. The van der Waals surface area contributed by atoms with E-state index in [1.165, 1.54) is 26.0 Å². The Morgan fingerprint density at radius 1 is 1.09 bits per heavy atom. The molecule has 1 amide bonds. The fraction of sp³-hybridized carbons (Fsp3) is 0.174. The number of benzene rings is 2. The van der Waals surface area contributed by atoms with Crippen LogP contribution in [0, 0.1) is 11.3 Å².